The van der Waals surface area contributed by atoms with E-state index in [-0.39, 0.29) is 5.91 Å². The van der Waals surface area contributed by atoms with Gasteiger partial charge in [0, 0.05) is 19.2 Å². The highest BCUT2D eigenvalue weighted by molar-refractivity contribution is 5.88. The third kappa shape index (κ3) is 4.94. The van der Waals surface area contributed by atoms with Crippen LogP contribution in [0.1, 0.15) is 26.3 Å². The summed E-state index contributed by atoms with van der Waals surface area (Å²) < 4.78 is 0. The lowest BCUT2D eigenvalue weighted by molar-refractivity contribution is -0.114. The summed E-state index contributed by atoms with van der Waals surface area (Å²) in [5.74, 6) is 0.629. The summed E-state index contributed by atoms with van der Waals surface area (Å²) in [6, 6.07) is 7.90. The maximum atomic E-state index is 10.8. The molecule has 0 fully saturated rings. The van der Waals surface area contributed by atoms with Crippen molar-refractivity contribution in [2.45, 2.75) is 27.3 Å². The van der Waals surface area contributed by atoms with Crippen molar-refractivity contribution in [1.82, 2.24) is 5.32 Å². The van der Waals surface area contributed by atoms with Crippen molar-refractivity contribution in [3.8, 4) is 0 Å². The van der Waals surface area contributed by atoms with E-state index in [9.17, 15) is 4.79 Å². The van der Waals surface area contributed by atoms with Crippen LogP contribution in [0.5, 0.6) is 0 Å². The number of nitrogens with one attached hydrogen (secondary N) is 2. The minimum atomic E-state index is -0.0364. The Bertz CT molecular complexity index is 330. The monoisotopic (exact) mass is 220 g/mol. The molecule has 0 heterocycles. The van der Waals surface area contributed by atoms with Gasteiger partial charge in [0.25, 0.3) is 0 Å². The van der Waals surface area contributed by atoms with Gasteiger partial charge in [-0.15, -0.1) is 0 Å². The molecule has 2 N–H and O–H groups in total. The first kappa shape index (κ1) is 12.7. The Morgan fingerprint density at radius 3 is 2.38 bits per heavy atom. The molecule has 0 aliphatic heterocycles. The van der Waals surface area contributed by atoms with Crippen LogP contribution >= 0.6 is 0 Å². The fraction of sp³-hybridized carbons (Fsp3) is 0.462. The lowest BCUT2D eigenvalue weighted by Gasteiger charge is -2.08. The van der Waals surface area contributed by atoms with Crippen LogP contribution in [0.4, 0.5) is 5.69 Å². The number of anilines is 1. The fourth-order valence-electron chi connectivity index (χ4n) is 1.41. The van der Waals surface area contributed by atoms with E-state index in [0.29, 0.717) is 5.92 Å². The lowest BCUT2D eigenvalue weighted by Crippen LogP contribution is -2.18. The fourth-order valence-corrected chi connectivity index (χ4v) is 1.41. The zero-order valence-electron chi connectivity index (χ0n) is 10.2. The predicted octanol–water partition coefficient (Wildman–Crippen LogP) is 2.39. The van der Waals surface area contributed by atoms with E-state index >= 15 is 0 Å². The standard InChI is InChI=1S/C13H20N2O/c1-10(2)8-14-9-12-4-6-13(7-5-12)15-11(3)16/h4-7,10,14H,8-9H2,1-3H3,(H,15,16). The van der Waals surface area contributed by atoms with E-state index in [1.54, 1.807) is 0 Å². The molecule has 1 amide bonds. The third-order valence-electron chi connectivity index (χ3n) is 2.16. The Morgan fingerprint density at radius 2 is 1.88 bits per heavy atom. The largest absolute Gasteiger partial charge is 0.326 e. The molecule has 0 aliphatic rings. The number of hydrogen-bond acceptors (Lipinski definition) is 2. The molecule has 0 radical (unpaired) electrons. The number of hydrogen-bond donors (Lipinski definition) is 2. The second-order valence-electron chi connectivity index (χ2n) is 4.40. The molecule has 1 aromatic carbocycles. The second-order valence-corrected chi connectivity index (χ2v) is 4.40. The molecule has 1 rings (SSSR count). The van der Waals surface area contributed by atoms with Gasteiger partial charge in [0.15, 0.2) is 0 Å². The normalized spacial score (nSPS) is 10.5. The average Bonchev–Trinajstić information content (AvgIpc) is 2.19. The molecule has 88 valence electrons. The molecule has 0 atom stereocenters. The number of rotatable bonds is 5. The number of benzene rings is 1. The zero-order chi connectivity index (χ0) is 12.0. The number of carbonyl (C=O) groups excluding carboxylic acids is 1. The van der Waals surface area contributed by atoms with Gasteiger partial charge < -0.3 is 10.6 Å². The molecule has 0 aliphatic carbocycles. The van der Waals surface area contributed by atoms with E-state index in [0.717, 1.165) is 18.8 Å². The molecule has 3 nitrogen and oxygen atoms in total. The van der Waals surface area contributed by atoms with E-state index in [2.05, 4.69) is 24.5 Å². The molecule has 0 aromatic heterocycles. The van der Waals surface area contributed by atoms with Crippen LogP contribution in [0, 0.1) is 5.92 Å². The molecule has 0 bridgehead atoms. The first-order valence-corrected chi connectivity index (χ1v) is 5.65. The first-order chi connectivity index (χ1) is 7.58. The smallest absolute Gasteiger partial charge is 0.221 e. The van der Waals surface area contributed by atoms with Gasteiger partial charge in [-0.05, 0) is 30.2 Å². The van der Waals surface area contributed by atoms with Crippen LogP contribution in [-0.4, -0.2) is 12.5 Å². The Balaban J connectivity index is 2.42. The van der Waals surface area contributed by atoms with Crippen LogP contribution in [0.2, 0.25) is 0 Å². The molecule has 1 aromatic rings. The van der Waals surface area contributed by atoms with Crippen molar-refractivity contribution in [1.29, 1.82) is 0 Å². The maximum absolute atomic E-state index is 10.8. The molecule has 3 heteroatoms. The number of amides is 1. The van der Waals surface area contributed by atoms with Gasteiger partial charge in [-0.1, -0.05) is 26.0 Å². The number of carbonyl (C=O) groups is 1. The van der Waals surface area contributed by atoms with Crippen molar-refractivity contribution >= 4 is 11.6 Å². The highest BCUT2D eigenvalue weighted by Gasteiger charge is 1.97. The molecule has 16 heavy (non-hydrogen) atoms. The summed E-state index contributed by atoms with van der Waals surface area (Å²) >= 11 is 0. The van der Waals surface area contributed by atoms with Crippen LogP contribution < -0.4 is 10.6 Å². The lowest BCUT2D eigenvalue weighted by atomic mass is 10.2. The summed E-state index contributed by atoms with van der Waals surface area (Å²) in [6.45, 7) is 7.78. The van der Waals surface area contributed by atoms with E-state index < -0.39 is 0 Å². The van der Waals surface area contributed by atoms with Gasteiger partial charge in [-0.2, -0.15) is 0 Å². The summed E-state index contributed by atoms with van der Waals surface area (Å²) in [6.07, 6.45) is 0. The predicted molar refractivity (Wildman–Crippen MR) is 67.3 cm³/mol. The van der Waals surface area contributed by atoms with Crippen LogP contribution in [-0.2, 0) is 11.3 Å². The van der Waals surface area contributed by atoms with Gasteiger partial charge in [-0.3, -0.25) is 4.79 Å². The van der Waals surface area contributed by atoms with E-state index in [1.807, 2.05) is 24.3 Å². The summed E-state index contributed by atoms with van der Waals surface area (Å²) in [7, 11) is 0. The summed E-state index contributed by atoms with van der Waals surface area (Å²) in [5, 5.41) is 6.12. The molecule has 0 spiro atoms. The van der Waals surface area contributed by atoms with E-state index in [4.69, 9.17) is 0 Å². The van der Waals surface area contributed by atoms with Crippen molar-refractivity contribution in [2.75, 3.05) is 11.9 Å². The molecular formula is C13H20N2O. The quantitative estimate of drug-likeness (QED) is 0.800. The molecule has 0 unspecified atom stereocenters. The Morgan fingerprint density at radius 1 is 1.25 bits per heavy atom. The highest BCUT2D eigenvalue weighted by atomic mass is 16.1. The Hall–Kier alpha value is -1.35. The summed E-state index contributed by atoms with van der Waals surface area (Å²) in [5.41, 5.74) is 2.08. The van der Waals surface area contributed by atoms with Crippen molar-refractivity contribution in [3.63, 3.8) is 0 Å². The first-order valence-electron chi connectivity index (χ1n) is 5.65. The minimum Gasteiger partial charge on any atom is -0.326 e. The van der Waals surface area contributed by atoms with Gasteiger partial charge in [0.2, 0.25) is 5.91 Å². The van der Waals surface area contributed by atoms with Gasteiger partial charge in [-0.25, -0.2) is 0 Å². The van der Waals surface area contributed by atoms with Crippen LogP contribution in [0.25, 0.3) is 0 Å². The van der Waals surface area contributed by atoms with Crippen molar-refractivity contribution in [2.24, 2.45) is 5.92 Å². The van der Waals surface area contributed by atoms with Gasteiger partial charge in [0.1, 0.15) is 0 Å². The molecular weight excluding hydrogens is 200 g/mol. The maximum Gasteiger partial charge on any atom is 0.221 e. The van der Waals surface area contributed by atoms with Crippen molar-refractivity contribution < 1.29 is 4.79 Å². The highest BCUT2D eigenvalue weighted by Crippen LogP contribution is 2.09. The average molecular weight is 220 g/mol. The second kappa shape index (κ2) is 6.28. The SMILES string of the molecule is CC(=O)Nc1ccc(CNCC(C)C)cc1. The van der Waals surface area contributed by atoms with Crippen molar-refractivity contribution in [3.05, 3.63) is 29.8 Å². The third-order valence-corrected chi connectivity index (χ3v) is 2.16. The topological polar surface area (TPSA) is 41.1 Å². The Kier molecular flexibility index (Phi) is 4.99. The van der Waals surface area contributed by atoms with Gasteiger partial charge in [0.05, 0.1) is 0 Å². The van der Waals surface area contributed by atoms with Crippen LogP contribution in [0.15, 0.2) is 24.3 Å². The molecule has 0 saturated carbocycles. The molecule has 0 saturated heterocycles. The Labute approximate surface area is 97.2 Å². The summed E-state index contributed by atoms with van der Waals surface area (Å²) in [4.78, 5) is 10.8. The van der Waals surface area contributed by atoms with Crippen LogP contribution in [0.3, 0.4) is 0 Å². The minimum absolute atomic E-state index is 0.0364. The zero-order valence-corrected chi connectivity index (χ0v) is 10.2. The van der Waals surface area contributed by atoms with Gasteiger partial charge >= 0.3 is 0 Å². The van der Waals surface area contributed by atoms with E-state index in [1.165, 1.54) is 12.5 Å².